The number of aliphatic hydroxyl groups is 2. The number of hydrogen-bond acceptors (Lipinski definition) is 7. The fourth-order valence-corrected chi connectivity index (χ4v) is 6.41. The molecule has 4 unspecified atom stereocenters. The van der Waals surface area contributed by atoms with Crippen molar-refractivity contribution in [2.75, 3.05) is 19.8 Å². The van der Waals surface area contributed by atoms with Crippen LogP contribution in [-0.4, -0.2) is 59.0 Å². The van der Waals surface area contributed by atoms with Crippen molar-refractivity contribution in [3.8, 4) is 0 Å². The summed E-state index contributed by atoms with van der Waals surface area (Å²) in [6.07, 6.45) is 38.1. The van der Waals surface area contributed by atoms with Gasteiger partial charge in [-0.25, -0.2) is 4.57 Å². The van der Waals surface area contributed by atoms with Gasteiger partial charge in [-0.3, -0.25) is 13.8 Å². The highest BCUT2D eigenvalue weighted by atomic mass is 31.2. The molecule has 0 fully saturated rings. The first-order valence-electron chi connectivity index (χ1n) is 20.2. The van der Waals surface area contributed by atoms with Crippen LogP contribution in [0.25, 0.3) is 0 Å². The van der Waals surface area contributed by atoms with E-state index in [1.165, 1.54) is 96.3 Å². The second-order valence-electron chi connectivity index (χ2n) is 13.7. The molecule has 0 heterocycles. The number of hydrogen-bond donors (Lipinski definition) is 5. The van der Waals surface area contributed by atoms with E-state index in [-0.39, 0.29) is 19.6 Å². The van der Waals surface area contributed by atoms with E-state index in [2.05, 4.69) is 43.5 Å². The predicted octanol–water partition coefficient (Wildman–Crippen LogP) is 9.75. The molecule has 0 aliphatic carbocycles. The Hall–Kier alpha value is -1.32. The zero-order valence-corrected chi connectivity index (χ0v) is 32.9. The maximum absolute atomic E-state index is 12.7. The molecule has 4 atom stereocenters. The summed E-state index contributed by atoms with van der Waals surface area (Å²) in [5.41, 5.74) is 5.34. The molecule has 0 aliphatic heterocycles. The quantitative estimate of drug-likeness (QED) is 0.0241. The van der Waals surface area contributed by atoms with Gasteiger partial charge in [-0.2, -0.15) is 0 Å². The van der Waals surface area contributed by atoms with Crippen LogP contribution in [0.5, 0.6) is 0 Å². The van der Waals surface area contributed by atoms with Crippen LogP contribution in [0.1, 0.15) is 174 Å². The molecule has 50 heavy (non-hydrogen) atoms. The minimum atomic E-state index is -4.40. The Morgan fingerprint density at radius 2 is 1.14 bits per heavy atom. The van der Waals surface area contributed by atoms with Crippen LogP contribution in [0.15, 0.2) is 36.5 Å². The van der Waals surface area contributed by atoms with Crippen molar-refractivity contribution in [2.24, 2.45) is 5.73 Å². The molecule has 0 rings (SSSR count). The van der Waals surface area contributed by atoms with Gasteiger partial charge in [0.2, 0.25) is 5.91 Å². The van der Waals surface area contributed by atoms with Gasteiger partial charge in [-0.1, -0.05) is 147 Å². The third-order valence-electron chi connectivity index (χ3n) is 8.74. The van der Waals surface area contributed by atoms with E-state index in [0.717, 1.165) is 44.9 Å². The number of nitrogens with one attached hydrogen (secondary N) is 1. The van der Waals surface area contributed by atoms with Crippen LogP contribution < -0.4 is 11.1 Å². The van der Waals surface area contributed by atoms with Gasteiger partial charge in [0.25, 0.3) is 0 Å². The third-order valence-corrected chi connectivity index (χ3v) is 9.73. The zero-order chi connectivity index (χ0) is 37.0. The first kappa shape index (κ1) is 48.7. The second kappa shape index (κ2) is 36.1. The van der Waals surface area contributed by atoms with Gasteiger partial charge < -0.3 is 26.2 Å². The van der Waals surface area contributed by atoms with Crippen LogP contribution in [-0.2, 0) is 18.4 Å². The van der Waals surface area contributed by atoms with Crippen LogP contribution in [0.3, 0.4) is 0 Å². The molecule has 294 valence electrons. The Morgan fingerprint density at radius 3 is 1.68 bits per heavy atom. The Morgan fingerprint density at radius 1 is 0.680 bits per heavy atom. The Kier molecular flexibility index (Phi) is 35.1. The number of carbonyl (C=O) groups is 1. The summed E-state index contributed by atoms with van der Waals surface area (Å²) in [6, 6.07) is -0.999. The van der Waals surface area contributed by atoms with Crippen molar-refractivity contribution in [1.29, 1.82) is 0 Å². The van der Waals surface area contributed by atoms with E-state index >= 15 is 0 Å². The van der Waals surface area contributed by atoms with Gasteiger partial charge in [0, 0.05) is 6.54 Å². The molecule has 0 saturated heterocycles. The fraction of sp³-hybridized carbons (Fsp3) is 0.825. The van der Waals surface area contributed by atoms with Crippen molar-refractivity contribution >= 4 is 13.7 Å². The molecule has 0 aromatic heterocycles. The van der Waals surface area contributed by atoms with Crippen molar-refractivity contribution in [2.45, 2.75) is 193 Å². The normalized spacial score (nSPS) is 15.2. The van der Waals surface area contributed by atoms with E-state index in [1.54, 1.807) is 6.08 Å². The van der Waals surface area contributed by atoms with E-state index in [4.69, 9.17) is 14.8 Å². The topological polar surface area (TPSA) is 151 Å². The summed E-state index contributed by atoms with van der Waals surface area (Å²) in [6.45, 7) is 3.89. The summed E-state index contributed by atoms with van der Waals surface area (Å²) in [4.78, 5) is 22.6. The molecule has 0 aromatic rings. The van der Waals surface area contributed by atoms with Gasteiger partial charge in [0.05, 0.1) is 37.9 Å². The summed E-state index contributed by atoms with van der Waals surface area (Å²) < 4.78 is 22.0. The summed E-state index contributed by atoms with van der Waals surface area (Å²) in [5, 5.41) is 23.9. The van der Waals surface area contributed by atoms with Crippen LogP contribution in [0, 0.1) is 0 Å². The highest BCUT2D eigenvalue weighted by Crippen LogP contribution is 2.43. The standard InChI is InChI=1S/C40H77N2O7P/c1-3-5-7-9-11-13-15-16-17-18-19-20-21-22-23-25-27-29-31-37(43)35-40(45)42-38(36-49-50(46,47)48-34-33-41)39(44)32-30-28-26-24-14-12-10-8-6-4-2/h14,19-20,24,30,32,37-39,43-44H,3-13,15-18,21-23,25-29,31,33-36,41H2,1-2H3,(H,42,45)(H,46,47)/b20-19-,24-14+,32-30+. The lowest BCUT2D eigenvalue weighted by atomic mass is 10.0. The van der Waals surface area contributed by atoms with E-state index in [1.807, 2.05) is 6.08 Å². The monoisotopic (exact) mass is 729 g/mol. The van der Waals surface area contributed by atoms with E-state index in [9.17, 15) is 24.5 Å². The maximum Gasteiger partial charge on any atom is 0.472 e. The fourth-order valence-electron chi connectivity index (χ4n) is 5.66. The predicted molar refractivity (Wildman–Crippen MR) is 209 cm³/mol. The minimum Gasteiger partial charge on any atom is -0.393 e. The average Bonchev–Trinajstić information content (AvgIpc) is 3.09. The molecule has 0 aromatic carbocycles. The number of aliphatic hydroxyl groups excluding tert-OH is 2. The van der Waals surface area contributed by atoms with E-state index in [0.29, 0.717) is 12.8 Å². The van der Waals surface area contributed by atoms with Crippen molar-refractivity contribution in [3.63, 3.8) is 0 Å². The highest BCUT2D eigenvalue weighted by Gasteiger charge is 2.27. The number of phosphoric acid groups is 1. The molecular formula is C40H77N2O7P. The van der Waals surface area contributed by atoms with Gasteiger partial charge in [0.15, 0.2) is 0 Å². The lowest BCUT2D eigenvalue weighted by Crippen LogP contribution is -2.46. The van der Waals surface area contributed by atoms with E-state index < -0.39 is 38.6 Å². The van der Waals surface area contributed by atoms with Gasteiger partial charge >= 0.3 is 7.82 Å². The van der Waals surface area contributed by atoms with Crippen LogP contribution in [0.2, 0.25) is 0 Å². The Balaban J connectivity index is 4.33. The molecule has 1 amide bonds. The SMILES string of the molecule is CCCCCC/C=C/CC/C=C/C(O)C(COP(=O)(O)OCCN)NC(=O)CC(O)CCCCCCC/C=C\CCCCCCCCCCC. The van der Waals surface area contributed by atoms with Crippen LogP contribution in [0.4, 0.5) is 0 Å². The lowest BCUT2D eigenvalue weighted by molar-refractivity contribution is -0.124. The molecule has 10 heteroatoms. The number of rotatable bonds is 37. The first-order chi connectivity index (χ1) is 24.3. The summed E-state index contributed by atoms with van der Waals surface area (Å²) in [7, 11) is -4.40. The molecule has 0 saturated carbocycles. The van der Waals surface area contributed by atoms with Gasteiger partial charge in [-0.05, 0) is 57.8 Å². The second-order valence-corrected chi connectivity index (χ2v) is 15.1. The number of phosphoric ester groups is 1. The molecule has 0 radical (unpaired) electrons. The number of carbonyl (C=O) groups excluding carboxylic acids is 1. The van der Waals surface area contributed by atoms with Crippen molar-refractivity contribution in [1.82, 2.24) is 5.32 Å². The minimum absolute atomic E-state index is 0.0430. The molecule has 0 aliphatic rings. The molecular weight excluding hydrogens is 651 g/mol. The first-order valence-corrected chi connectivity index (χ1v) is 21.7. The van der Waals surface area contributed by atoms with Gasteiger partial charge in [0.1, 0.15) is 0 Å². The number of unbranched alkanes of at least 4 members (excludes halogenated alkanes) is 19. The maximum atomic E-state index is 12.7. The molecule has 9 nitrogen and oxygen atoms in total. The number of nitrogens with two attached hydrogens (primary N) is 1. The third kappa shape index (κ3) is 33.8. The van der Waals surface area contributed by atoms with Crippen LogP contribution >= 0.6 is 7.82 Å². The Bertz CT molecular complexity index is 899. The van der Waals surface area contributed by atoms with Crippen molar-refractivity contribution in [3.05, 3.63) is 36.5 Å². The smallest absolute Gasteiger partial charge is 0.393 e. The molecule has 0 bridgehead atoms. The Labute approximate surface area is 306 Å². The molecule has 0 spiro atoms. The number of amides is 1. The largest absolute Gasteiger partial charge is 0.472 e. The highest BCUT2D eigenvalue weighted by molar-refractivity contribution is 7.47. The zero-order valence-electron chi connectivity index (χ0n) is 32.0. The van der Waals surface area contributed by atoms with Crippen molar-refractivity contribution < 1.29 is 33.5 Å². The number of allylic oxidation sites excluding steroid dienone is 5. The molecule has 6 N–H and O–H groups in total. The summed E-state index contributed by atoms with van der Waals surface area (Å²) >= 11 is 0. The lowest BCUT2D eigenvalue weighted by Gasteiger charge is -2.24. The average molecular weight is 729 g/mol. The summed E-state index contributed by atoms with van der Waals surface area (Å²) in [5.74, 6) is -0.464. The van der Waals surface area contributed by atoms with Gasteiger partial charge in [-0.15, -0.1) is 0 Å².